The highest BCUT2D eigenvalue weighted by Crippen LogP contribution is 2.29. The molecule has 0 aliphatic carbocycles. The lowest BCUT2D eigenvalue weighted by Gasteiger charge is -2.18. The third-order valence-corrected chi connectivity index (χ3v) is 4.66. The van der Waals surface area contributed by atoms with Gasteiger partial charge in [0.25, 0.3) is 5.91 Å². The van der Waals surface area contributed by atoms with Gasteiger partial charge >= 0.3 is 0 Å². The first kappa shape index (κ1) is 20.1. The van der Waals surface area contributed by atoms with Crippen LogP contribution in [0.3, 0.4) is 0 Å². The first-order chi connectivity index (χ1) is 12.5. The van der Waals surface area contributed by atoms with Gasteiger partial charge in [0.05, 0.1) is 24.7 Å². The van der Waals surface area contributed by atoms with Crippen molar-refractivity contribution in [2.75, 3.05) is 20.8 Å². The Morgan fingerprint density at radius 2 is 1.85 bits per heavy atom. The number of aryl methyl sites for hydroxylation is 1. The van der Waals surface area contributed by atoms with Crippen LogP contribution in [0.4, 0.5) is 0 Å². The third-order valence-electron chi connectivity index (χ3n) is 4.04. The average molecular weight is 422 g/mol. The van der Waals surface area contributed by atoms with E-state index in [1.165, 1.54) is 5.56 Å². The Balaban J connectivity index is 1.99. The summed E-state index contributed by atoms with van der Waals surface area (Å²) < 4.78 is 17.1. The highest BCUT2D eigenvalue weighted by atomic mass is 79.9. The van der Waals surface area contributed by atoms with Gasteiger partial charge in [0.15, 0.2) is 6.61 Å². The van der Waals surface area contributed by atoms with Crippen molar-refractivity contribution in [3.63, 3.8) is 0 Å². The predicted molar refractivity (Wildman–Crippen MR) is 105 cm³/mol. The zero-order valence-electron chi connectivity index (χ0n) is 15.5. The summed E-state index contributed by atoms with van der Waals surface area (Å²) in [5.74, 6) is 1.83. The summed E-state index contributed by atoms with van der Waals surface area (Å²) in [6, 6.07) is 11.1. The molecule has 0 bridgehead atoms. The van der Waals surface area contributed by atoms with Crippen LogP contribution in [-0.2, 0) is 11.2 Å². The van der Waals surface area contributed by atoms with E-state index in [0.717, 1.165) is 16.5 Å². The van der Waals surface area contributed by atoms with Crippen molar-refractivity contribution in [1.82, 2.24) is 5.32 Å². The average Bonchev–Trinajstić information content (AvgIpc) is 2.66. The number of nitrogens with one attached hydrogen (secondary N) is 1. The van der Waals surface area contributed by atoms with Crippen LogP contribution in [0.5, 0.6) is 17.2 Å². The van der Waals surface area contributed by atoms with Gasteiger partial charge in [0.1, 0.15) is 17.2 Å². The smallest absolute Gasteiger partial charge is 0.258 e. The Hall–Kier alpha value is -2.21. The van der Waals surface area contributed by atoms with Crippen molar-refractivity contribution in [3.05, 3.63) is 52.0 Å². The number of benzene rings is 2. The maximum Gasteiger partial charge on any atom is 0.258 e. The number of amides is 1. The normalized spacial score (nSPS) is 11.6. The van der Waals surface area contributed by atoms with Crippen molar-refractivity contribution >= 4 is 21.8 Å². The Morgan fingerprint density at radius 1 is 1.12 bits per heavy atom. The molecule has 26 heavy (non-hydrogen) atoms. The first-order valence-electron chi connectivity index (χ1n) is 8.41. The van der Waals surface area contributed by atoms with E-state index >= 15 is 0 Å². The number of carbonyl (C=O) groups excluding carboxylic acids is 1. The first-order valence-corrected chi connectivity index (χ1v) is 9.20. The van der Waals surface area contributed by atoms with Crippen molar-refractivity contribution < 1.29 is 19.0 Å². The molecule has 0 saturated carbocycles. The minimum absolute atomic E-state index is 0.0688. The molecule has 2 rings (SSSR count). The molecule has 0 radical (unpaired) electrons. The van der Waals surface area contributed by atoms with Crippen LogP contribution < -0.4 is 19.5 Å². The number of methoxy groups -OCH3 is 2. The van der Waals surface area contributed by atoms with Crippen molar-refractivity contribution in [1.29, 1.82) is 0 Å². The van der Waals surface area contributed by atoms with Crippen LogP contribution in [0, 0.1) is 0 Å². The van der Waals surface area contributed by atoms with Crippen molar-refractivity contribution in [2.24, 2.45) is 0 Å². The lowest BCUT2D eigenvalue weighted by Crippen LogP contribution is -2.31. The molecule has 0 fully saturated rings. The van der Waals surface area contributed by atoms with Crippen molar-refractivity contribution in [3.8, 4) is 17.2 Å². The fourth-order valence-corrected chi connectivity index (χ4v) is 3.10. The Kier molecular flexibility index (Phi) is 7.33. The summed E-state index contributed by atoms with van der Waals surface area (Å²) >= 11 is 3.47. The predicted octanol–water partition coefficient (Wildman–Crippen LogP) is 4.28. The van der Waals surface area contributed by atoms with E-state index in [1.807, 2.05) is 43.3 Å². The number of hydrogen-bond donors (Lipinski definition) is 1. The lowest BCUT2D eigenvalue weighted by molar-refractivity contribution is -0.123. The molecule has 1 amide bonds. The second-order valence-corrected chi connectivity index (χ2v) is 6.66. The molecule has 0 aliphatic rings. The SMILES string of the molecule is CCc1ccc(OCC(=O)NC(C)c2cc(OC)ccc2OC)c(Br)c1. The topological polar surface area (TPSA) is 56.8 Å². The summed E-state index contributed by atoms with van der Waals surface area (Å²) in [7, 11) is 3.20. The van der Waals surface area contributed by atoms with Gasteiger partial charge in [-0.2, -0.15) is 0 Å². The highest BCUT2D eigenvalue weighted by Gasteiger charge is 2.16. The molecular weight excluding hydrogens is 398 g/mol. The third kappa shape index (κ3) is 5.14. The van der Waals surface area contributed by atoms with Gasteiger partial charge in [-0.25, -0.2) is 0 Å². The van der Waals surface area contributed by atoms with Crippen LogP contribution in [0.1, 0.15) is 31.0 Å². The zero-order valence-corrected chi connectivity index (χ0v) is 17.1. The van der Waals surface area contributed by atoms with Gasteiger partial charge in [-0.3, -0.25) is 4.79 Å². The summed E-state index contributed by atoms with van der Waals surface area (Å²) in [5.41, 5.74) is 2.04. The molecule has 0 saturated heterocycles. The molecular formula is C20H24BrNO4. The molecule has 2 aromatic rings. The van der Waals surface area contributed by atoms with Gasteiger partial charge in [-0.15, -0.1) is 0 Å². The number of carbonyl (C=O) groups is 1. The lowest BCUT2D eigenvalue weighted by atomic mass is 10.1. The standard InChI is InChI=1S/C20H24BrNO4/c1-5-14-6-8-19(17(21)10-14)26-12-20(23)22-13(2)16-11-15(24-3)7-9-18(16)25-4/h6-11,13H,5,12H2,1-4H3,(H,22,23). The highest BCUT2D eigenvalue weighted by molar-refractivity contribution is 9.10. The minimum Gasteiger partial charge on any atom is -0.497 e. The molecule has 0 aromatic heterocycles. The molecule has 0 heterocycles. The fraction of sp³-hybridized carbons (Fsp3) is 0.350. The number of ether oxygens (including phenoxy) is 3. The maximum atomic E-state index is 12.3. The molecule has 140 valence electrons. The number of halogens is 1. The second kappa shape index (κ2) is 9.48. The van der Waals surface area contributed by atoms with E-state index in [0.29, 0.717) is 17.2 Å². The molecule has 0 spiro atoms. The van der Waals surface area contributed by atoms with E-state index in [-0.39, 0.29) is 18.6 Å². The molecule has 2 aromatic carbocycles. The number of hydrogen-bond acceptors (Lipinski definition) is 4. The Morgan fingerprint density at radius 3 is 2.46 bits per heavy atom. The van der Waals surface area contributed by atoms with Crippen LogP contribution in [0.2, 0.25) is 0 Å². The van der Waals surface area contributed by atoms with Crippen LogP contribution >= 0.6 is 15.9 Å². The van der Waals surface area contributed by atoms with Crippen LogP contribution in [0.15, 0.2) is 40.9 Å². The summed E-state index contributed by atoms with van der Waals surface area (Å²) in [6.45, 7) is 3.91. The minimum atomic E-state index is -0.248. The molecule has 0 aliphatic heterocycles. The molecule has 1 atom stereocenters. The van der Waals surface area contributed by atoms with E-state index in [4.69, 9.17) is 14.2 Å². The van der Waals surface area contributed by atoms with E-state index in [1.54, 1.807) is 14.2 Å². The Bertz CT molecular complexity index is 763. The van der Waals surface area contributed by atoms with E-state index in [9.17, 15) is 4.79 Å². The molecule has 6 heteroatoms. The second-order valence-electron chi connectivity index (χ2n) is 5.80. The van der Waals surface area contributed by atoms with Crippen molar-refractivity contribution in [2.45, 2.75) is 26.3 Å². The fourth-order valence-electron chi connectivity index (χ4n) is 2.56. The molecule has 1 N–H and O–H groups in total. The van der Waals surface area contributed by atoms with Crippen LogP contribution in [0.25, 0.3) is 0 Å². The van der Waals surface area contributed by atoms with E-state index in [2.05, 4.69) is 28.2 Å². The van der Waals surface area contributed by atoms with E-state index < -0.39 is 0 Å². The summed E-state index contributed by atoms with van der Waals surface area (Å²) in [5, 5.41) is 2.92. The largest absolute Gasteiger partial charge is 0.497 e. The van der Waals surface area contributed by atoms with Gasteiger partial charge < -0.3 is 19.5 Å². The van der Waals surface area contributed by atoms with Gasteiger partial charge in [0, 0.05) is 5.56 Å². The van der Waals surface area contributed by atoms with Gasteiger partial charge in [0.2, 0.25) is 0 Å². The molecule has 1 unspecified atom stereocenters. The monoisotopic (exact) mass is 421 g/mol. The van der Waals surface area contributed by atoms with Crippen LogP contribution in [-0.4, -0.2) is 26.7 Å². The van der Waals surface area contributed by atoms with Gasteiger partial charge in [-0.05, 0) is 65.2 Å². The quantitative estimate of drug-likeness (QED) is 0.690. The zero-order chi connectivity index (χ0) is 19.1. The number of rotatable bonds is 8. The van der Waals surface area contributed by atoms with Gasteiger partial charge in [-0.1, -0.05) is 13.0 Å². The molecule has 5 nitrogen and oxygen atoms in total. The summed E-state index contributed by atoms with van der Waals surface area (Å²) in [4.78, 5) is 12.3. The summed E-state index contributed by atoms with van der Waals surface area (Å²) in [6.07, 6.45) is 0.944. The Labute approximate surface area is 162 Å². The maximum absolute atomic E-state index is 12.3.